The molecule has 0 aliphatic carbocycles. The highest BCUT2D eigenvalue weighted by Gasteiger charge is 2.30. The topological polar surface area (TPSA) is 72.5 Å². The summed E-state index contributed by atoms with van der Waals surface area (Å²) >= 11 is 1.75. The third-order valence-electron chi connectivity index (χ3n) is 5.04. The van der Waals surface area contributed by atoms with Crippen LogP contribution in [0.1, 0.15) is 17.7 Å². The van der Waals surface area contributed by atoms with Crippen LogP contribution in [0.4, 0.5) is 0 Å². The van der Waals surface area contributed by atoms with E-state index in [1.807, 2.05) is 0 Å². The predicted molar refractivity (Wildman–Crippen MR) is 101 cm³/mol. The third-order valence-corrected chi connectivity index (χ3v) is 7.84. The molecule has 1 aromatic carbocycles. The fourth-order valence-electron chi connectivity index (χ4n) is 3.49. The van der Waals surface area contributed by atoms with Crippen molar-refractivity contribution in [1.82, 2.24) is 8.87 Å². The van der Waals surface area contributed by atoms with Gasteiger partial charge < -0.3 is 4.42 Å². The number of fused-ring (bicyclic) bond motifs is 1. The number of hydrogen-bond acceptors (Lipinski definition) is 5. The van der Waals surface area contributed by atoms with Crippen molar-refractivity contribution in [1.29, 1.82) is 0 Å². The van der Waals surface area contributed by atoms with Crippen LogP contribution in [-0.2, 0) is 23.5 Å². The summed E-state index contributed by atoms with van der Waals surface area (Å²) in [6.45, 7) is 1.05. The molecule has 4 rings (SSSR count). The summed E-state index contributed by atoms with van der Waals surface area (Å²) in [5.74, 6) is 0.0265. The van der Waals surface area contributed by atoms with Gasteiger partial charge in [0, 0.05) is 31.1 Å². The summed E-state index contributed by atoms with van der Waals surface area (Å²) < 4.78 is 33.9. The molecule has 6 nitrogen and oxygen atoms in total. The SMILES string of the molecule is Cn1c(=O)oc2cc(S(=O)(=O)N3CCC(Cc4cccs4)CC3)ccc21. The predicted octanol–water partition coefficient (Wildman–Crippen LogP) is 2.84. The first-order valence-electron chi connectivity index (χ1n) is 8.57. The normalized spacial score (nSPS) is 17.1. The van der Waals surface area contributed by atoms with E-state index in [9.17, 15) is 13.2 Å². The fraction of sp³-hybridized carbons (Fsp3) is 0.389. The lowest BCUT2D eigenvalue weighted by Gasteiger charge is -2.31. The molecule has 0 unspecified atom stereocenters. The van der Waals surface area contributed by atoms with Gasteiger partial charge in [0.2, 0.25) is 10.0 Å². The number of benzene rings is 1. The molecule has 26 heavy (non-hydrogen) atoms. The van der Waals surface area contributed by atoms with Gasteiger partial charge in [-0.25, -0.2) is 13.2 Å². The highest BCUT2D eigenvalue weighted by molar-refractivity contribution is 7.89. The van der Waals surface area contributed by atoms with Gasteiger partial charge in [0.05, 0.1) is 10.4 Å². The second kappa shape index (κ2) is 6.68. The highest BCUT2D eigenvalue weighted by atomic mass is 32.2. The lowest BCUT2D eigenvalue weighted by molar-refractivity contribution is 0.273. The zero-order valence-corrected chi connectivity index (χ0v) is 16.1. The summed E-state index contributed by atoms with van der Waals surface area (Å²) in [5, 5.41) is 2.08. The quantitative estimate of drug-likeness (QED) is 0.684. The Balaban J connectivity index is 1.51. The van der Waals surface area contributed by atoms with Gasteiger partial charge in [0.15, 0.2) is 5.58 Å². The molecule has 3 aromatic rings. The van der Waals surface area contributed by atoms with E-state index >= 15 is 0 Å². The minimum Gasteiger partial charge on any atom is -0.408 e. The van der Waals surface area contributed by atoms with E-state index in [-0.39, 0.29) is 4.90 Å². The number of sulfonamides is 1. The van der Waals surface area contributed by atoms with Crippen molar-refractivity contribution in [3.05, 3.63) is 51.1 Å². The zero-order chi connectivity index (χ0) is 18.3. The number of aryl methyl sites for hydroxylation is 1. The lowest BCUT2D eigenvalue weighted by atomic mass is 9.94. The number of hydrogen-bond donors (Lipinski definition) is 0. The van der Waals surface area contributed by atoms with Crippen LogP contribution in [0, 0.1) is 5.92 Å². The first kappa shape index (κ1) is 17.5. The summed E-state index contributed by atoms with van der Waals surface area (Å²) in [7, 11) is -1.98. The molecule has 0 saturated carbocycles. The van der Waals surface area contributed by atoms with Gasteiger partial charge in [-0.2, -0.15) is 4.31 Å². The Morgan fingerprint density at radius 2 is 2.00 bits per heavy atom. The minimum absolute atomic E-state index is 0.177. The Morgan fingerprint density at radius 1 is 1.23 bits per heavy atom. The molecular weight excluding hydrogens is 372 g/mol. The molecule has 2 aromatic heterocycles. The molecule has 0 atom stereocenters. The molecule has 0 N–H and O–H groups in total. The van der Waals surface area contributed by atoms with E-state index in [0.29, 0.717) is 30.1 Å². The molecule has 1 aliphatic heterocycles. The smallest absolute Gasteiger partial charge is 0.408 e. The van der Waals surface area contributed by atoms with E-state index in [2.05, 4.69) is 17.5 Å². The molecule has 138 valence electrons. The first-order valence-corrected chi connectivity index (χ1v) is 10.9. The molecular formula is C18H20N2O4S2. The van der Waals surface area contributed by atoms with Crippen LogP contribution in [0.2, 0.25) is 0 Å². The number of piperidine rings is 1. The highest BCUT2D eigenvalue weighted by Crippen LogP contribution is 2.28. The Kier molecular flexibility index (Phi) is 4.50. The summed E-state index contributed by atoms with van der Waals surface area (Å²) in [5.41, 5.74) is 0.884. The first-order chi connectivity index (χ1) is 12.4. The van der Waals surface area contributed by atoms with E-state index in [4.69, 9.17) is 4.42 Å². The largest absolute Gasteiger partial charge is 0.419 e. The van der Waals surface area contributed by atoms with Crippen LogP contribution in [-0.4, -0.2) is 30.4 Å². The van der Waals surface area contributed by atoms with Crippen LogP contribution in [0.3, 0.4) is 0 Å². The number of nitrogens with zero attached hydrogens (tertiary/aromatic N) is 2. The van der Waals surface area contributed by atoms with Crippen molar-refractivity contribution in [3.63, 3.8) is 0 Å². The molecule has 0 amide bonds. The third kappa shape index (κ3) is 3.13. The van der Waals surface area contributed by atoms with Gasteiger partial charge in [0.25, 0.3) is 0 Å². The van der Waals surface area contributed by atoms with Crippen LogP contribution in [0.15, 0.2) is 49.8 Å². The van der Waals surface area contributed by atoms with Crippen molar-refractivity contribution in [2.45, 2.75) is 24.2 Å². The zero-order valence-electron chi connectivity index (χ0n) is 14.4. The number of thiophene rings is 1. The fourth-order valence-corrected chi connectivity index (χ4v) is 5.80. The maximum atomic E-state index is 12.9. The Morgan fingerprint density at radius 3 is 2.69 bits per heavy atom. The van der Waals surface area contributed by atoms with Crippen LogP contribution in [0.5, 0.6) is 0 Å². The van der Waals surface area contributed by atoms with Gasteiger partial charge in [-0.1, -0.05) is 6.07 Å². The van der Waals surface area contributed by atoms with Crippen LogP contribution < -0.4 is 5.76 Å². The van der Waals surface area contributed by atoms with E-state index in [1.165, 1.54) is 15.5 Å². The van der Waals surface area contributed by atoms with E-state index in [1.54, 1.807) is 34.8 Å². The molecule has 0 bridgehead atoms. The molecule has 0 spiro atoms. The van der Waals surface area contributed by atoms with E-state index in [0.717, 1.165) is 19.3 Å². The van der Waals surface area contributed by atoms with Crippen LogP contribution >= 0.6 is 11.3 Å². The Hall–Kier alpha value is -1.90. The molecule has 3 heterocycles. The van der Waals surface area contributed by atoms with Crippen LogP contribution in [0.25, 0.3) is 11.1 Å². The number of rotatable bonds is 4. The standard InChI is InChI=1S/C18H20N2O4S2/c1-19-16-5-4-15(12-17(16)24-18(19)21)26(22,23)20-8-6-13(7-9-20)11-14-3-2-10-25-14/h2-5,10,12-13H,6-9,11H2,1H3. The molecule has 1 saturated heterocycles. The Bertz CT molecular complexity index is 1070. The van der Waals surface area contributed by atoms with Crippen molar-refractivity contribution in [2.24, 2.45) is 13.0 Å². The lowest BCUT2D eigenvalue weighted by Crippen LogP contribution is -2.38. The summed E-state index contributed by atoms with van der Waals surface area (Å²) in [6.07, 6.45) is 2.74. The second-order valence-electron chi connectivity index (χ2n) is 6.69. The Labute approximate surface area is 155 Å². The van der Waals surface area contributed by atoms with Gasteiger partial charge in [0.1, 0.15) is 0 Å². The maximum absolute atomic E-state index is 12.9. The van der Waals surface area contributed by atoms with Crippen molar-refractivity contribution in [3.8, 4) is 0 Å². The monoisotopic (exact) mass is 392 g/mol. The van der Waals surface area contributed by atoms with Gasteiger partial charge >= 0.3 is 5.76 Å². The van der Waals surface area contributed by atoms with Gasteiger partial charge in [-0.05, 0) is 48.8 Å². The van der Waals surface area contributed by atoms with Gasteiger partial charge in [-0.15, -0.1) is 11.3 Å². The van der Waals surface area contributed by atoms with Crippen molar-refractivity contribution in [2.75, 3.05) is 13.1 Å². The van der Waals surface area contributed by atoms with Crippen molar-refractivity contribution < 1.29 is 12.8 Å². The molecule has 8 heteroatoms. The average Bonchev–Trinajstić information content (AvgIpc) is 3.23. The average molecular weight is 393 g/mol. The molecule has 1 fully saturated rings. The van der Waals surface area contributed by atoms with Crippen molar-refractivity contribution >= 4 is 32.5 Å². The molecule has 0 radical (unpaired) electrons. The van der Waals surface area contributed by atoms with E-state index < -0.39 is 15.8 Å². The number of aromatic nitrogens is 1. The summed E-state index contributed by atoms with van der Waals surface area (Å²) in [6, 6.07) is 8.80. The van der Waals surface area contributed by atoms with Gasteiger partial charge in [-0.3, -0.25) is 4.57 Å². The summed E-state index contributed by atoms with van der Waals surface area (Å²) in [4.78, 5) is 13.1. The second-order valence-corrected chi connectivity index (χ2v) is 9.66. The maximum Gasteiger partial charge on any atom is 0.419 e. The molecule has 1 aliphatic rings. The minimum atomic E-state index is -3.58. The number of oxazole rings is 1.